The minimum absolute atomic E-state index is 0.363. The van der Waals surface area contributed by atoms with Crippen molar-refractivity contribution in [3.05, 3.63) is 0 Å². The summed E-state index contributed by atoms with van der Waals surface area (Å²) in [5.74, 6) is 3.23. The van der Waals surface area contributed by atoms with Crippen LogP contribution in [-0.2, 0) is 0 Å². The second-order valence-electron chi connectivity index (χ2n) is 8.40. The third kappa shape index (κ3) is 1.98. The normalized spacial score (nSPS) is 53.7. The fourth-order valence-electron chi connectivity index (χ4n) is 6.14. The Labute approximate surface area is 118 Å². The first-order chi connectivity index (χ1) is 9.11. The highest BCUT2D eigenvalue weighted by Gasteiger charge is 2.54. The van der Waals surface area contributed by atoms with Crippen molar-refractivity contribution in [2.45, 2.75) is 69.9 Å². The lowest BCUT2D eigenvalue weighted by atomic mass is 9.52. The lowest BCUT2D eigenvalue weighted by Gasteiger charge is -2.62. The van der Waals surface area contributed by atoms with E-state index in [-0.39, 0.29) is 0 Å². The molecule has 0 aromatic heterocycles. The average Bonchev–Trinajstić information content (AvgIpc) is 2.37. The molecule has 0 amide bonds. The van der Waals surface area contributed by atoms with Gasteiger partial charge in [-0.15, -0.1) is 0 Å². The summed E-state index contributed by atoms with van der Waals surface area (Å²) >= 11 is 0. The van der Waals surface area contributed by atoms with E-state index in [1.54, 1.807) is 19.3 Å². The third-order valence-corrected chi connectivity index (χ3v) is 6.93. The largest absolute Gasteiger partial charge is 0.309 e. The number of rotatable bonds is 2. The predicted molar refractivity (Wildman–Crippen MR) is 79.2 cm³/mol. The number of nitrogens with one attached hydrogen (secondary N) is 1. The molecule has 108 valence electrons. The van der Waals surface area contributed by atoms with Crippen LogP contribution in [0, 0.1) is 17.8 Å². The Kier molecular flexibility index (Phi) is 2.80. The summed E-state index contributed by atoms with van der Waals surface area (Å²) in [7, 11) is 0. The molecule has 1 saturated heterocycles. The monoisotopic (exact) mass is 262 g/mol. The fraction of sp³-hybridized carbons (Fsp3) is 1.00. The Balaban J connectivity index is 1.58. The van der Waals surface area contributed by atoms with Gasteiger partial charge < -0.3 is 5.32 Å². The molecule has 5 rings (SSSR count). The zero-order chi connectivity index (χ0) is 13.1. The molecular weight excluding hydrogens is 232 g/mol. The van der Waals surface area contributed by atoms with Crippen molar-refractivity contribution in [1.29, 1.82) is 0 Å². The molecule has 1 unspecified atom stereocenters. The van der Waals surface area contributed by atoms with Gasteiger partial charge in [0.15, 0.2) is 0 Å². The molecule has 4 saturated carbocycles. The van der Waals surface area contributed by atoms with Crippen LogP contribution < -0.4 is 5.32 Å². The second kappa shape index (κ2) is 4.21. The molecule has 1 heterocycles. The van der Waals surface area contributed by atoms with E-state index in [4.69, 9.17) is 0 Å². The van der Waals surface area contributed by atoms with E-state index < -0.39 is 0 Å². The van der Waals surface area contributed by atoms with Gasteiger partial charge in [0.05, 0.1) is 0 Å². The molecule has 0 aromatic rings. The van der Waals surface area contributed by atoms with Gasteiger partial charge in [0.25, 0.3) is 0 Å². The maximum absolute atomic E-state index is 3.77. The summed E-state index contributed by atoms with van der Waals surface area (Å²) in [5, 5.41) is 3.77. The van der Waals surface area contributed by atoms with E-state index in [2.05, 4.69) is 24.1 Å². The Hall–Kier alpha value is -0.0800. The van der Waals surface area contributed by atoms with Crippen LogP contribution in [0.4, 0.5) is 0 Å². The number of hydrogen-bond acceptors (Lipinski definition) is 2. The number of hydrogen-bond donors (Lipinski definition) is 1. The molecule has 2 heteroatoms. The van der Waals surface area contributed by atoms with Crippen LogP contribution in [0.3, 0.4) is 0 Å². The summed E-state index contributed by atoms with van der Waals surface area (Å²) in [5.41, 5.74) is 0.981. The lowest BCUT2D eigenvalue weighted by Crippen LogP contribution is -2.68. The van der Waals surface area contributed by atoms with E-state index in [1.807, 2.05) is 0 Å². The molecule has 5 aliphatic rings. The topological polar surface area (TPSA) is 15.3 Å². The van der Waals surface area contributed by atoms with Gasteiger partial charge in [-0.05, 0) is 69.6 Å². The van der Waals surface area contributed by atoms with Gasteiger partial charge >= 0.3 is 0 Å². The first-order valence-electron chi connectivity index (χ1n) is 8.61. The minimum Gasteiger partial charge on any atom is -0.309 e. The van der Waals surface area contributed by atoms with Crippen LogP contribution in [-0.4, -0.2) is 35.6 Å². The molecule has 4 bridgehead atoms. The lowest BCUT2D eigenvalue weighted by molar-refractivity contribution is -0.104. The van der Waals surface area contributed by atoms with Crippen molar-refractivity contribution in [3.8, 4) is 0 Å². The van der Waals surface area contributed by atoms with E-state index >= 15 is 0 Å². The van der Waals surface area contributed by atoms with Gasteiger partial charge in [-0.2, -0.15) is 0 Å². The van der Waals surface area contributed by atoms with Crippen molar-refractivity contribution in [2.75, 3.05) is 19.6 Å². The number of nitrogens with zero attached hydrogens (tertiary/aromatic N) is 1. The fourth-order valence-corrected chi connectivity index (χ4v) is 6.14. The van der Waals surface area contributed by atoms with Crippen molar-refractivity contribution in [2.24, 2.45) is 17.8 Å². The molecule has 1 atom stereocenters. The summed E-state index contributed by atoms with van der Waals surface area (Å²) in [6.45, 7) is 8.55. The zero-order valence-corrected chi connectivity index (χ0v) is 12.8. The summed E-state index contributed by atoms with van der Waals surface area (Å²) in [4.78, 5) is 2.93. The third-order valence-electron chi connectivity index (χ3n) is 6.93. The van der Waals surface area contributed by atoms with Crippen molar-refractivity contribution < 1.29 is 0 Å². The van der Waals surface area contributed by atoms with Crippen molar-refractivity contribution in [1.82, 2.24) is 10.2 Å². The molecule has 1 N–H and O–H groups in total. The van der Waals surface area contributed by atoms with Crippen LogP contribution >= 0.6 is 0 Å². The summed E-state index contributed by atoms with van der Waals surface area (Å²) < 4.78 is 0. The van der Waals surface area contributed by atoms with E-state index in [9.17, 15) is 0 Å². The molecule has 4 aliphatic carbocycles. The summed E-state index contributed by atoms with van der Waals surface area (Å²) in [6.07, 6.45) is 10.5. The van der Waals surface area contributed by atoms with Gasteiger partial charge in [-0.3, -0.25) is 4.90 Å². The first kappa shape index (κ1) is 12.6. The van der Waals surface area contributed by atoms with Crippen molar-refractivity contribution >= 4 is 0 Å². The predicted octanol–water partition coefficient (Wildman–Crippen LogP) is 3.03. The van der Waals surface area contributed by atoms with Crippen LogP contribution in [0.15, 0.2) is 0 Å². The Morgan fingerprint density at radius 2 is 1.63 bits per heavy atom. The molecule has 0 spiro atoms. The van der Waals surface area contributed by atoms with Gasteiger partial charge in [-0.1, -0.05) is 6.92 Å². The highest BCUT2D eigenvalue weighted by Crippen LogP contribution is 2.58. The molecular formula is C17H30N2. The Morgan fingerprint density at radius 1 is 1.05 bits per heavy atom. The standard InChI is InChI=1S/C17H30N2/c1-3-16(2)12-19(5-4-18-16)17-9-13-6-14(10-17)8-15(7-13)11-17/h13-15,18H,3-12H2,1-2H3. The highest BCUT2D eigenvalue weighted by atomic mass is 15.3. The van der Waals surface area contributed by atoms with Crippen molar-refractivity contribution in [3.63, 3.8) is 0 Å². The van der Waals surface area contributed by atoms with Gasteiger partial charge in [-0.25, -0.2) is 0 Å². The van der Waals surface area contributed by atoms with Crippen LogP contribution in [0.5, 0.6) is 0 Å². The minimum atomic E-state index is 0.363. The molecule has 5 fully saturated rings. The van der Waals surface area contributed by atoms with Gasteiger partial charge in [0.1, 0.15) is 0 Å². The second-order valence-corrected chi connectivity index (χ2v) is 8.40. The zero-order valence-electron chi connectivity index (χ0n) is 12.8. The molecule has 19 heavy (non-hydrogen) atoms. The molecule has 1 aliphatic heterocycles. The van der Waals surface area contributed by atoms with E-state index in [0.717, 1.165) is 17.8 Å². The Bertz CT molecular complexity index is 329. The molecule has 2 nitrogen and oxygen atoms in total. The highest BCUT2D eigenvalue weighted by molar-refractivity contribution is 5.09. The molecule has 0 radical (unpaired) electrons. The summed E-state index contributed by atoms with van der Waals surface area (Å²) in [6, 6.07) is 0. The maximum atomic E-state index is 3.77. The average molecular weight is 262 g/mol. The smallest absolute Gasteiger partial charge is 0.0278 e. The molecule has 0 aromatic carbocycles. The Morgan fingerprint density at radius 3 is 2.16 bits per heavy atom. The van der Waals surface area contributed by atoms with Gasteiger partial charge in [0.2, 0.25) is 0 Å². The van der Waals surface area contributed by atoms with Gasteiger partial charge in [0, 0.05) is 30.7 Å². The van der Waals surface area contributed by atoms with E-state index in [0.29, 0.717) is 11.1 Å². The number of piperazine rings is 1. The SMILES string of the molecule is CCC1(C)CN(C23CC4CC(CC(C4)C2)C3)CCN1. The van der Waals surface area contributed by atoms with Crippen LogP contribution in [0.1, 0.15) is 58.8 Å². The van der Waals surface area contributed by atoms with E-state index in [1.165, 1.54) is 45.3 Å². The maximum Gasteiger partial charge on any atom is 0.0278 e. The van der Waals surface area contributed by atoms with Crippen LogP contribution in [0.2, 0.25) is 0 Å². The van der Waals surface area contributed by atoms with Crippen LogP contribution in [0.25, 0.3) is 0 Å². The quantitative estimate of drug-likeness (QED) is 0.823. The first-order valence-corrected chi connectivity index (χ1v) is 8.61.